The number of hydrogen-bond donors (Lipinski definition) is 0. The van der Waals surface area contributed by atoms with Gasteiger partial charge in [-0.2, -0.15) is 0 Å². The van der Waals surface area contributed by atoms with Gasteiger partial charge in [0.1, 0.15) is 5.78 Å². The van der Waals surface area contributed by atoms with Gasteiger partial charge in [0.05, 0.1) is 0 Å². The summed E-state index contributed by atoms with van der Waals surface area (Å²) in [5.41, 5.74) is 3.49. The molecule has 0 aromatic heterocycles. The predicted molar refractivity (Wildman–Crippen MR) is 85.7 cm³/mol. The van der Waals surface area contributed by atoms with Crippen LogP contribution < -0.4 is 0 Å². The van der Waals surface area contributed by atoms with Crippen LogP contribution in [-0.4, -0.2) is 11.6 Å². The van der Waals surface area contributed by atoms with Crippen LogP contribution in [0.15, 0.2) is 34.9 Å². The standard InChI is InChI=1S/C18H28O2/c1-14(2)12-18(20)13-16(4)10-6-8-15(3)9-7-11-17(5)19/h9-10,12H,6-8,11,13H2,1-5H3/b15-9+,16-10+. The van der Waals surface area contributed by atoms with E-state index in [0.29, 0.717) is 12.8 Å². The van der Waals surface area contributed by atoms with Crippen molar-refractivity contribution in [3.8, 4) is 0 Å². The number of carbonyl (C=O) groups is 2. The van der Waals surface area contributed by atoms with E-state index in [9.17, 15) is 9.59 Å². The van der Waals surface area contributed by atoms with E-state index in [4.69, 9.17) is 0 Å². The van der Waals surface area contributed by atoms with Crippen molar-refractivity contribution in [2.45, 2.75) is 66.7 Å². The lowest BCUT2D eigenvalue weighted by Gasteiger charge is -2.01. The van der Waals surface area contributed by atoms with Crippen molar-refractivity contribution >= 4 is 11.6 Å². The highest BCUT2D eigenvalue weighted by atomic mass is 16.1. The van der Waals surface area contributed by atoms with Gasteiger partial charge in [-0.15, -0.1) is 0 Å². The Labute approximate surface area is 123 Å². The summed E-state index contributed by atoms with van der Waals surface area (Å²) in [6.07, 6.45) is 9.90. The number of ketones is 2. The highest BCUT2D eigenvalue weighted by molar-refractivity contribution is 5.91. The molecule has 0 aliphatic carbocycles. The van der Waals surface area contributed by atoms with Crippen LogP contribution in [0, 0.1) is 0 Å². The fourth-order valence-corrected chi connectivity index (χ4v) is 1.89. The first kappa shape index (κ1) is 18.6. The van der Waals surface area contributed by atoms with Crippen LogP contribution in [-0.2, 0) is 9.59 Å². The zero-order valence-electron chi connectivity index (χ0n) is 13.6. The average Bonchev–Trinajstić information content (AvgIpc) is 2.26. The van der Waals surface area contributed by atoms with Gasteiger partial charge in [0.2, 0.25) is 0 Å². The number of Topliss-reactive ketones (excluding diaryl/α,β-unsaturated/α-hetero) is 1. The molecular weight excluding hydrogens is 248 g/mol. The largest absolute Gasteiger partial charge is 0.300 e. The molecule has 2 nitrogen and oxygen atoms in total. The first-order valence-corrected chi connectivity index (χ1v) is 7.29. The number of carbonyl (C=O) groups excluding carboxylic acids is 2. The maximum atomic E-state index is 11.6. The van der Waals surface area contributed by atoms with Crippen LogP contribution in [0.3, 0.4) is 0 Å². The van der Waals surface area contributed by atoms with E-state index in [-0.39, 0.29) is 11.6 Å². The second kappa shape index (κ2) is 10.4. The van der Waals surface area contributed by atoms with E-state index in [2.05, 4.69) is 19.1 Å². The van der Waals surface area contributed by atoms with Crippen molar-refractivity contribution < 1.29 is 9.59 Å². The summed E-state index contributed by atoms with van der Waals surface area (Å²) in [5.74, 6) is 0.412. The molecule has 0 aliphatic heterocycles. The molecule has 0 atom stereocenters. The van der Waals surface area contributed by atoms with Gasteiger partial charge in [0.25, 0.3) is 0 Å². The molecule has 0 spiro atoms. The quantitative estimate of drug-likeness (QED) is 0.441. The van der Waals surface area contributed by atoms with Crippen LogP contribution >= 0.6 is 0 Å². The van der Waals surface area contributed by atoms with Crippen molar-refractivity contribution in [3.05, 3.63) is 34.9 Å². The average molecular weight is 276 g/mol. The van der Waals surface area contributed by atoms with Crippen molar-refractivity contribution in [2.24, 2.45) is 0 Å². The normalized spacial score (nSPS) is 12.2. The molecule has 0 heterocycles. The van der Waals surface area contributed by atoms with Gasteiger partial charge in [-0.3, -0.25) is 4.79 Å². The Morgan fingerprint density at radius 3 is 1.90 bits per heavy atom. The molecular formula is C18H28O2. The first-order chi connectivity index (χ1) is 9.31. The fourth-order valence-electron chi connectivity index (χ4n) is 1.89. The molecule has 0 saturated heterocycles. The summed E-state index contributed by atoms with van der Waals surface area (Å²) >= 11 is 0. The van der Waals surface area contributed by atoms with Crippen LogP contribution in [0.2, 0.25) is 0 Å². The van der Waals surface area contributed by atoms with Gasteiger partial charge in [-0.1, -0.05) is 28.9 Å². The molecule has 112 valence electrons. The van der Waals surface area contributed by atoms with Gasteiger partial charge in [0, 0.05) is 12.8 Å². The minimum atomic E-state index is 0.174. The van der Waals surface area contributed by atoms with Gasteiger partial charge >= 0.3 is 0 Å². The van der Waals surface area contributed by atoms with Gasteiger partial charge in [-0.25, -0.2) is 0 Å². The molecule has 0 radical (unpaired) electrons. The van der Waals surface area contributed by atoms with Crippen molar-refractivity contribution in [1.82, 2.24) is 0 Å². The maximum absolute atomic E-state index is 11.6. The SMILES string of the molecule is CC(=O)CC/C=C(\C)CC/C=C(\C)CC(=O)C=C(C)C. The number of rotatable bonds is 9. The molecule has 2 heteroatoms. The highest BCUT2D eigenvalue weighted by Crippen LogP contribution is 2.11. The third kappa shape index (κ3) is 11.6. The summed E-state index contributed by atoms with van der Waals surface area (Å²) in [7, 11) is 0. The molecule has 0 fully saturated rings. The van der Waals surface area contributed by atoms with E-state index >= 15 is 0 Å². The predicted octanol–water partition coefficient (Wildman–Crippen LogP) is 4.95. The smallest absolute Gasteiger partial charge is 0.159 e. The Bertz CT molecular complexity index is 419. The monoisotopic (exact) mass is 276 g/mol. The van der Waals surface area contributed by atoms with E-state index in [1.807, 2.05) is 20.8 Å². The maximum Gasteiger partial charge on any atom is 0.159 e. The van der Waals surface area contributed by atoms with Gasteiger partial charge < -0.3 is 4.79 Å². The number of hydrogen-bond acceptors (Lipinski definition) is 2. The van der Waals surface area contributed by atoms with Crippen molar-refractivity contribution in [2.75, 3.05) is 0 Å². The van der Waals surface area contributed by atoms with Crippen LogP contribution in [0.1, 0.15) is 66.7 Å². The Morgan fingerprint density at radius 2 is 1.35 bits per heavy atom. The highest BCUT2D eigenvalue weighted by Gasteiger charge is 1.99. The lowest BCUT2D eigenvalue weighted by atomic mass is 10.0. The second-order valence-electron chi connectivity index (χ2n) is 5.75. The molecule has 0 saturated carbocycles. The molecule has 0 N–H and O–H groups in total. The molecule has 0 bridgehead atoms. The summed E-state index contributed by atoms with van der Waals surface area (Å²) in [6.45, 7) is 9.60. The summed E-state index contributed by atoms with van der Waals surface area (Å²) in [5, 5.41) is 0. The van der Waals surface area contributed by atoms with E-state index in [1.54, 1.807) is 13.0 Å². The minimum Gasteiger partial charge on any atom is -0.300 e. The van der Waals surface area contributed by atoms with Crippen molar-refractivity contribution in [1.29, 1.82) is 0 Å². The lowest BCUT2D eigenvalue weighted by Crippen LogP contribution is -1.94. The second-order valence-corrected chi connectivity index (χ2v) is 5.75. The molecule has 0 aromatic rings. The Hall–Kier alpha value is -1.44. The first-order valence-electron chi connectivity index (χ1n) is 7.29. The van der Waals surface area contributed by atoms with Gasteiger partial charge in [0.15, 0.2) is 5.78 Å². The molecule has 0 amide bonds. The molecule has 0 unspecified atom stereocenters. The number of allylic oxidation sites excluding steroid dienone is 6. The van der Waals surface area contributed by atoms with Gasteiger partial charge in [-0.05, 0) is 60.0 Å². The van der Waals surface area contributed by atoms with Crippen LogP contribution in [0.4, 0.5) is 0 Å². The Kier molecular flexibility index (Phi) is 9.61. The zero-order valence-corrected chi connectivity index (χ0v) is 13.6. The zero-order chi connectivity index (χ0) is 15.5. The molecule has 0 aliphatic rings. The summed E-state index contributed by atoms with van der Waals surface area (Å²) in [6, 6.07) is 0. The molecule has 0 aromatic carbocycles. The van der Waals surface area contributed by atoms with Crippen molar-refractivity contribution in [3.63, 3.8) is 0 Å². The molecule has 0 rings (SSSR count). The van der Waals surface area contributed by atoms with E-state index in [1.165, 1.54) is 5.57 Å². The summed E-state index contributed by atoms with van der Waals surface area (Å²) in [4.78, 5) is 22.4. The fraction of sp³-hybridized carbons (Fsp3) is 0.556. The third-order valence-corrected chi connectivity index (χ3v) is 2.92. The lowest BCUT2D eigenvalue weighted by molar-refractivity contribution is -0.117. The minimum absolute atomic E-state index is 0.174. The van der Waals surface area contributed by atoms with Crippen LogP contribution in [0.25, 0.3) is 0 Å². The van der Waals surface area contributed by atoms with E-state index < -0.39 is 0 Å². The Balaban J connectivity index is 4.07. The van der Waals surface area contributed by atoms with E-state index in [0.717, 1.165) is 30.4 Å². The third-order valence-electron chi connectivity index (χ3n) is 2.92. The molecule has 20 heavy (non-hydrogen) atoms. The topological polar surface area (TPSA) is 34.1 Å². The summed E-state index contributed by atoms with van der Waals surface area (Å²) < 4.78 is 0. The Morgan fingerprint density at radius 1 is 0.800 bits per heavy atom. The van der Waals surface area contributed by atoms with Crippen LogP contribution in [0.5, 0.6) is 0 Å².